The van der Waals surface area contributed by atoms with Gasteiger partial charge in [0.1, 0.15) is 10.7 Å². The van der Waals surface area contributed by atoms with E-state index in [1.165, 1.54) is 10.4 Å². The van der Waals surface area contributed by atoms with Crippen LogP contribution in [0.3, 0.4) is 0 Å². The first kappa shape index (κ1) is 18.5. The number of nitrogens with zero attached hydrogens (tertiary/aromatic N) is 1. The van der Waals surface area contributed by atoms with Crippen LogP contribution >= 0.6 is 0 Å². The number of anilines is 1. The van der Waals surface area contributed by atoms with Crippen LogP contribution in [-0.4, -0.2) is 31.7 Å². The molecule has 1 N–H and O–H groups in total. The number of aryl methyl sites for hydroxylation is 2. The summed E-state index contributed by atoms with van der Waals surface area (Å²) >= 11 is 0. The van der Waals surface area contributed by atoms with Crippen molar-refractivity contribution in [3.63, 3.8) is 0 Å². The lowest BCUT2D eigenvalue weighted by atomic mass is 10.1. The van der Waals surface area contributed by atoms with E-state index in [4.69, 9.17) is 0 Å². The Morgan fingerprint density at radius 3 is 2.31 bits per heavy atom. The number of halogens is 1. The predicted octanol–water partition coefficient (Wildman–Crippen LogP) is 3.48. The van der Waals surface area contributed by atoms with Crippen LogP contribution in [0.2, 0.25) is 0 Å². The highest BCUT2D eigenvalue weighted by Crippen LogP contribution is 2.25. The fourth-order valence-corrected chi connectivity index (χ4v) is 4.71. The van der Waals surface area contributed by atoms with Crippen LogP contribution in [0, 0.1) is 19.7 Å². The number of para-hydroxylation sites is 1. The molecule has 138 valence electrons. The Hall–Kier alpha value is -2.25. The van der Waals surface area contributed by atoms with Crippen LogP contribution in [0.15, 0.2) is 41.3 Å². The topological polar surface area (TPSA) is 66.5 Å². The van der Waals surface area contributed by atoms with Crippen molar-refractivity contribution >= 4 is 21.6 Å². The van der Waals surface area contributed by atoms with Gasteiger partial charge in [0.25, 0.3) is 5.91 Å². The normalized spacial score (nSPS) is 15.2. The highest BCUT2D eigenvalue weighted by atomic mass is 32.2. The number of sulfonamides is 1. The zero-order valence-corrected chi connectivity index (χ0v) is 15.6. The summed E-state index contributed by atoms with van der Waals surface area (Å²) in [5.41, 5.74) is 2.56. The van der Waals surface area contributed by atoms with E-state index in [2.05, 4.69) is 5.32 Å². The number of benzene rings is 2. The van der Waals surface area contributed by atoms with Gasteiger partial charge >= 0.3 is 0 Å². The third-order valence-electron chi connectivity index (χ3n) is 4.60. The minimum Gasteiger partial charge on any atom is -0.322 e. The summed E-state index contributed by atoms with van der Waals surface area (Å²) in [4.78, 5) is 12.1. The summed E-state index contributed by atoms with van der Waals surface area (Å²) < 4.78 is 40.8. The maximum absolute atomic E-state index is 14.2. The van der Waals surface area contributed by atoms with Gasteiger partial charge in [0.05, 0.1) is 0 Å². The van der Waals surface area contributed by atoms with E-state index in [1.807, 2.05) is 32.0 Å². The zero-order valence-electron chi connectivity index (χ0n) is 14.8. The standard InChI is InChI=1S/C19H21FN2O3S/c1-13-6-5-7-14(2)18(13)21-19(23)15-8-9-16(20)17(12-15)26(24,25)22-10-3-4-11-22/h5-9,12H,3-4,10-11H2,1-2H3,(H,21,23). The number of hydrogen-bond acceptors (Lipinski definition) is 3. The van der Waals surface area contributed by atoms with Crippen LogP contribution in [0.1, 0.15) is 34.3 Å². The molecule has 0 radical (unpaired) electrons. The van der Waals surface area contributed by atoms with E-state index in [-0.39, 0.29) is 5.56 Å². The number of hydrogen-bond donors (Lipinski definition) is 1. The van der Waals surface area contributed by atoms with E-state index in [0.29, 0.717) is 18.8 Å². The summed E-state index contributed by atoms with van der Waals surface area (Å²) in [5.74, 6) is -1.32. The van der Waals surface area contributed by atoms with Gasteiger partial charge < -0.3 is 5.32 Å². The molecule has 1 aliphatic heterocycles. The fourth-order valence-electron chi connectivity index (χ4n) is 3.11. The Balaban J connectivity index is 1.93. The highest BCUT2D eigenvalue weighted by Gasteiger charge is 2.30. The van der Waals surface area contributed by atoms with Crippen LogP contribution in [0.4, 0.5) is 10.1 Å². The van der Waals surface area contributed by atoms with E-state index in [1.54, 1.807) is 0 Å². The van der Waals surface area contributed by atoms with Gasteiger partial charge in [-0.05, 0) is 56.0 Å². The van der Waals surface area contributed by atoms with E-state index >= 15 is 0 Å². The molecule has 1 amide bonds. The Bertz CT molecular complexity index is 931. The number of rotatable bonds is 4. The summed E-state index contributed by atoms with van der Waals surface area (Å²) in [7, 11) is -3.94. The number of carbonyl (C=O) groups is 1. The number of amides is 1. The molecule has 26 heavy (non-hydrogen) atoms. The second kappa shape index (κ2) is 7.17. The average molecular weight is 376 g/mol. The van der Waals surface area contributed by atoms with E-state index in [0.717, 1.165) is 36.1 Å². The smallest absolute Gasteiger partial charge is 0.255 e. The second-order valence-electron chi connectivity index (χ2n) is 6.48. The molecule has 0 atom stereocenters. The summed E-state index contributed by atoms with van der Waals surface area (Å²) in [6, 6.07) is 9.07. The molecule has 7 heteroatoms. The molecule has 1 heterocycles. The monoisotopic (exact) mass is 376 g/mol. The maximum atomic E-state index is 14.2. The molecular weight excluding hydrogens is 355 g/mol. The molecular formula is C19H21FN2O3S. The first-order chi connectivity index (χ1) is 12.3. The Kier molecular flexibility index (Phi) is 5.11. The number of carbonyl (C=O) groups excluding carboxylic acids is 1. The van der Waals surface area contributed by atoms with Crippen molar-refractivity contribution in [3.8, 4) is 0 Å². The fraction of sp³-hybridized carbons (Fsp3) is 0.316. The molecule has 5 nitrogen and oxygen atoms in total. The van der Waals surface area contributed by atoms with Crippen LogP contribution < -0.4 is 5.32 Å². The first-order valence-electron chi connectivity index (χ1n) is 8.48. The maximum Gasteiger partial charge on any atom is 0.255 e. The Morgan fingerprint density at radius 1 is 1.08 bits per heavy atom. The lowest BCUT2D eigenvalue weighted by Gasteiger charge is -2.17. The summed E-state index contributed by atoms with van der Waals surface area (Å²) in [6.07, 6.45) is 1.52. The highest BCUT2D eigenvalue weighted by molar-refractivity contribution is 7.89. The molecule has 0 aromatic heterocycles. The predicted molar refractivity (Wildman–Crippen MR) is 98.3 cm³/mol. The SMILES string of the molecule is Cc1cccc(C)c1NC(=O)c1ccc(F)c(S(=O)(=O)N2CCCC2)c1. The average Bonchev–Trinajstić information content (AvgIpc) is 3.14. The zero-order chi connectivity index (χ0) is 18.9. The largest absolute Gasteiger partial charge is 0.322 e. The van der Waals surface area contributed by atoms with Gasteiger partial charge in [0, 0.05) is 24.3 Å². The van der Waals surface area contributed by atoms with Crippen molar-refractivity contribution in [1.82, 2.24) is 4.31 Å². The summed E-state index contributed by atoms with van der Waals surface area (Å²) in [6.45, 7) is 4.49. The lowest BCUT2D eigenvalue weighted by molar-refractivity contribution is 0.102. The lowest BCUT2D eigenvalue weighted by Crippen LogP contribution is -2.29. The van der Waals surface area contributed by atoms with Crippen LogP contribution in [0.25, 0.3) is 0 Å². The van der Waals surface area contributed by atoms with Gasteiger partial charge in [-0.2, -0.15) is 4.31 Å². The molecule has 1 saturated heterocycles. The third kappa shape index (κ3) is 3.50. The van der Waals surface area contributed by atoms with E-state index < -0.39 is 26.6 Å². The van der Waals surface area contributed by atoms with Crippen molar-refractivity contribution in [2.45, 2.75) is 31.6 Å². The molecule has 0 aliphatic carbocycles. The van der Waals surface area contributed by atoms with Gasteiger partial charge in [0.15, 0.2) is 0 Å². The Morgan fingerprint density at radius 2 is 1.69 bits per heavy atom. The van der Waals surface area contributed by atoms with E-state index in [9.17, 15) is 17.6 Å². The van der Waals surface area contributed by atoms with Crippen molar-refractivity contribution in [2.75, 3.05) is 18.4 Å². The third-order valence-corrected chi connectivity index (χ3v) is 6.51. The molecule has 3 rings (SSSR count). The van der Waals surface area contributed by atoms with Gasteiger partial charge in [0.2, 0.25) is 10.0 Å². The quantitative estimate of drug-likeness (QED) is 0.888. The van der Waals surface area contributed by atoms with Crippen molar-refractivity contribution < 1.29 is 17.6 Å². The van der Waals surface area contributed by atoms with Crippen molar-refractivity contribution in [3.05, 3.63) is 58.9 Å². The molecule has 0 spiro atoms. The molecule has 2 aromatic carbocycles. The number of nitrogens with one attached hydrogen (secondary N) is 1. The van der Waals surface area contributed by atoms with Crippen LogP contribution in [0.5, 0.6) is 0 Å². The van der Waals surface area contributed by atoms with Crippen molar-refractivity contribution in [1.29, 1.82) is 0 Å². The molecule has 1 aliphatic rings. The van der Waals surface area contributed by atoms with Crippen LogP contribution in [-0.2, 0) is 10.0 Å². The second-order valence-corrected chi connectivity index (χ2v) is 8.38. The Labute approximate surface area is 152 Å². The minimum absolute atomic E-state index is 0.104. The minimum atomic E-state index is -3.94. The van der Waals surface area contributed by atoms with Gasteiger partial charge in [-0.3, -0.25) is 4.79 Å². The first-order valence-corrected chi connectivity index (χ1v) is 9.92. The molecule has 1 fully saturated rings. The van der Waals surface area contributed by atoms with Gasteiger partial charge in [-0.1, -0.05) is 18.2 Å². The van der Waals surface area contributed by atoms with Gasteiger partial charge in [-0.15, -0.1) is 0 Å². The van der Waals surface area contributed by atoms with Crippen molar-refractivity contribution in [2.24, 2.45) is 0 Å². The molecule has 0 bridgehead atoms. The molecule has 0 unspecified atom stereocenters. The molecule has 0 saturated carbocycles. The molecule has 2 aromatic rings. The summed E-state index contributed by atoms with van der Waals surface area (Å²) in [5, 5.41) is 2.79. The van der Waals surface area contributed by atoms with Gasteiger partial charge in [-0.25, -0.2) is 12.8 Å².